The summed E-state index contributed by atoms with van der Waals surface area (Å²) < 4.78 is 17.2. The van der Waals surface area contributed by atoms with Crippen molar-refractivity contribution < 1.29 is 14.2 Å². The molecular weight excluding hydrogens is 500 g/mol. The van der Waals surface area contributed by atoms with Crippen molar-refractivity contribution in [3.8, 4) is 11.5 Å². The fourth-order valence-electron chi connectivity index (χ4n) is 4.59. The first-order chi connectivity index (χ1) is 19.6. The molecule has 0 bridgehead atoms. The van der Waals surface area contributed by atoms with Crippen molar-refractivity contribution in [1.82, 2.24) is 9.97 Å². The molecule has 40 heavy (non-hydrogen) atoms. The van der Waals surface area contributed by atoms with E-state index >= 15 is 0 Å². The lowest BCUT2D eigenvalue weighted by Crippen LogP contribution is -2.22. The number of methoxy groups -OCH3 is 1. The molecule has 5 aromatic rings. The summed E-state index contributed by atoms with van der Waals surface area (Å²) in [6.07, 6.45) is 1.73. The Hall–Kier alpha value is -4.49. The van der Waals surface area contributed by atoms with E-state index in [-0.39, 0.29) is 0 Å². The first-order valence-corrected chi connectivity index (χ1v) is 13.4. The van der Waals surface area contributed by atoms with Crippen LogP contribution in [0.5, 0.6) is 11.5 Å². The summed E-state index contributed by atoms with van der Waals surface area (Å²) in [6.45, 7) is 3.07. The van der Waals surface area contributed by atoms with Crippen LogP contribution in [0.2, 0.25) is 0 Å². The Balaban J connectivity index is 1.21. The molecule has 0 aliphatic heterocycles. The van der Waals surface area contributed by atoms with Gasteiger partial charge >= 0.3 is 0 Å². The quantitative estimate of drug-likeness (QED) is 0.175. The van der Waals surface area contributed by atoms with Crippen molar-refractivity contribution in [2.24, 2.45) is 0 Å². The molecule has 1 heterocycles. The second-order valence-corrected chi connectivity index (χ2v) is 9.92. The highest BCUT2D eigenvalue weighted by atomic mass is 16.5. The van der Waals surface area contributed by atoms with Crippen molar-refractivity contribution in [2.45, 2.75) is 19.7 Å². The van der Waals surface area contributed by atoms with Gasteiger partial charge in [-0.15, -0.1) is 0 Å². The second-order valence-electron chi connectivity index (χ2n) is 9.92. The number of aromatic amines is 1. The van der Waals surface area contributed by atoms with Crippen LogP contribution in [0.3, 0.4) is 0 Å². The van der Waals surface area contributed by atoms with Gasteiger partial charge in [-0.05, 0) is 65.2 Å². The van der Waals surface area contributed by atoms with Gasteiger partial charge in [-0.25, -0.2) is 4.98 Å². The number of anilines is 2. The van der Waals surface area contributed by atoms with Gasteiger partial charge in [0.05, 0.1) is 37.7 Å². The Labute approximate surface area is 235 Å². The van der Waals surface area contributed by atoms with Gasteiger partial charge in [0.15, 0.2) is 0 Å². The molecular formula is C33H36N4O3. The minimum absolute atomic E-state index is 0.504. The van der Waals surface area contributed by atoms with Crippen LogP contribution in [0.4, 0.5) is 11.4 Å². The number of fused-ring (bicyclic) bond motifs is 1. The van der Waals surface area contributed by atoms with Crippen LogP contribution in [0.1, 0.15) is 16.7 Å². The number of nitrogens with zero attached hydrogens (tertiary/aromatic N) is 3. The van der Waals surface area contributed by atoms with Gasteiger partial charge in [-0.2, -0.15) is 0 Å². The van der Waals surface area contributed by atoms with Crippen molar-refractivity contribution in [2.75, 3.05) is 44.2 Å². The van der Waals surface area contributed by atoms with Gasteiger partial charge < -0.3 is 29.0 Å². The predicted octanol–water partition coefficient (Wildman–Crippen LogP) is 6.44. The summed E-state index contributed by atoms with van der Waals surface area (Å²) in [5.41, 5.74) is 7.79. The molecule has 0 saturated heterocycles. The van der Waals surface area contributed by atoms with Crippen molar-refractivity contribution in [3.63, 3.8) is 0 Å². The highest BCUT2D eigenvalue weighted by Gasteiger charge is 2.11. The lowest BCUT2D eigenvalue weighted by Gasteiger charge is -2.26. The number of hydrogen-bond donors (Lipinski definition) is 1. The van der Waals surface area contributed by atoms with Gasteiger partial charge in [0.25, 0.3) is 0 Å². The molecule has 0 unspecified atom stereocenters. The smallest absolute Gasteiger partial charge is 0.121 e. The lowest BCUT2D eigenvalue weighted by molar-refractivity contribution is 0.0889. The van der Waals surface area contributed by atoms with Gasteiger partial charge in [0, 0.05) is 44.6 Å². The number of benzene rings is 4. The molecule has 0 aliphatic rings. The topological polar surface area (TPSA) is 62.9 Å². The van der Waals surface area contributed by atoms with E-state index in [9.17, 15) is 0 Å². The number of H-pyrrole nitrogens is 1. The van der Waals surface area contributed by atoms with E-state index in [4.69, 9.17) is 14.2 Å². The normalized spacial score (nSPS) is 11.0. The van der Waals surface area contributed by atoms with E-state index in [1.165, 1.54) is 11.1 Å². The third kappa shape index (κ3) is 7.12. The van der Waals surface area contributed by atoms with Crippen molar-refractivity contribution in [3.05, 3.63) is 114 Å². The number of imidazole rings is 1. The van der Waals surface area contributed by atoms with Gasteiger partial charge in [0.2, 0.25) is 0 Å². The summed E-state index contributed by atoms with van der Waals surface area (Å²) >= 11 is 0. The van der Waals surface area contributed by atoms with Crippen LogP contribution in [0.25, 0.3) is 11.0 Å². The summed E-state index contributed by atoms with van der Waals surface area (Å²) in [5.74, 6) is 1.71. The van der Waals surface area contributed by atoms with E-state index in [2.05, 4.69) is 80.4 Å². The Morgan fingerprint density at radius 2 is 1.48 bits per heavy atom. The molecule has 0 aliphatic carbocycles. The number of aromatic nitrogens is 2. The first kappa shape index (κ1) is 27.1. The molecule has 0 radical (unpaired) electrons. The monoisotopic (exact) mass is 536 g/mol. The maximum absolute atomic E-state index is 5.90. The molecule has 5 rings (SSSR count). The molecule has 0 saturated carbocycles. The maximum Gasteiger partial charge on any atom is 0.121 e. The van der Waals surface area contributed by atoms with Crippen molar-refractivity contribution >= 4 is 22.4 Å². The Kier molecular flexibility index (Phi) is 8.83. The van der Waals surface area contributed by atoms with Gasteiger partial charge in [-0.1, -0.05) is 36.4 Å². The van der Waals surface area contributed by atoms with Crippen LogP contribution in [0.15, 0.2) is 97.3 Å². The van der Waals surface area contributed by atoms with Crippen LogP contribution < -0.4 is 19.3 Å². The summed E-state index contributed by atoms with van der Waals surface area (Å²) in [6, 6.07) is 31.3. The highest BCUT2D eigenvalue weighted by Crippen LogP contribution is 2.24. The fraction of sp³-hybridized carbons (Fsp3) is 0.242. The van der Waals surface area contributed by atoms with Crippen LogP contribution in [0, 0.1) is 0 Å². The molecule has 0 atom stereocenters. The first-order valence-electron chi connectivity index (χ1n) is 13.4. The minimum atomic E-state index is 0.504. The Morgan fingerprint density at radius 3 is 2.27 bits per heavy atom. The average molecular weight is 537 g/mol. The second kappa shape index (κ2) is 13.0. The van der Waals surface area contributed by atoms with Crippen LogP contribution in [-0.2, 0) is 24.4 Å². The van der Waals surface area contributed by atoms with Gasteiger partial charge in [-0.3, -0.25) is 0 Å². The number of nitrogens with one attached hydrogen (secondary N) is 1. The summed E-state index contributed by atoms with van der Waals surface area (Å²) in [4.78, 5) is 12.0. The third-order valence-electron chi connectivity index (χ3n) is 6.77. The Morgan fingerprint density at radius 1 is 0.725 bits per heavy atom. The zero-order valence-corrected chi connectivity index (χ0v) is 23.3. The highest BCUT2D eigenvalue weighted by molar-refractivity contribution is 5.75. The minimum Gasteiger partial charge on any atom is -0.497 e. The molecule has 1 aromatic heterocycles. The number of rotatable bonds is 13. The molecule has 0 amide bonds. The number of hydrogen-bond acceptors (Lipinski definition) is 6. The zero-order chi connectivity index (χ0) is 27.7. The molecule has 0 fully saturated rings. The summed E-state index contributed by atoms with van der Waals surface area (Å²) in [7, 11) is 5.74. The van der Waals surface area contributed by atoms with Crippen molar-refractivity contribution in [1.29, 1.82) is 0 Å². The van der Waals surface area contributed by atoms with E-state index in [0.29, 0.717) is 19.8 Å². The fourth-order valence-corrected chi connectivity index (χ4v) is 4.59. The SMILES string of the molecule is COc1cccc(CN(Cc2ccc3nc[nH]c3c2)c2ccc(COCCOc3cccc(N(C)C)c3)cc2)c1. The van der Waals surface area contributed by atoms with E-state index in [1.54, 1.807) is 13.4 Å². The largest absolute Gasteiger partial charge is 0.497 e. The van der Waals surface area contributed by atoms with Gasteiger partial charge in [0.1, 0.15) is 18.1 Å². The average Bonchev–Trinajstić information content (AvgIpc) is 3.45. The number of ether oxygens (including phenoxy) is 3. The van der Waals surface area contributed by atoms with E-state index < -0.39 is 0 Å². The summed E-state index contributed by atoms with van der Waals surface area (Å²) in [5, 5.41) is 0. The molecule has 4 aromatic carbocycles. The van der Waals surface area contributed by atoms with Crippen LogP contribution >= 0.6 is 0 Å². The van der Waals surface area contributed by atoms with Crippen LogP contribution in [-0.4, -0.2) is 44.4 Å². The zero-order valence-electron chi connectivity index (χ0n) is 23.3. The third-order valence-corrected chi connectivity index (χ3v) is 6.77. The predicted molar refractivity (Wildman–Crippen MR) is 161 cm³/mol. The lowest BCUT2D eigenvalue weighted by atomic mass is 10.1. The maximum atomic E-state index is 5.90. The van der Waals surface area contributed by atoms with E-state index in [1.807, 2.05) is 44.4 Å². The molecule has 1 N–H and O–H groups in total. The molecule has 7 heteroatoms. The molecule has 206 valence electrons. The Bertz CT molecular complexity index is 1510. The molecule has 7 nitrogen and oxygen atoms in total. The standard InChI is InChI=1S/C33H36N4O3/c1-36(2)29-7-5-9-31(20-29)40-17-16-39-23-25-10-13-28(14-11-25)37(21-26-6-4-8-30(18-26)38-3)22-27-12-15-32-33(19-27)35-24-34-32/h4-15,18-20,24H,16-17,21-23H2,1-3H3,(H,34,35). The molecule has 0 spiro atoms. The van der Waals surface area contributed by atoms with E-state index in [0.717, 1.165) is 52.6 Å².